The zero-order valence-corrected chi connectivity index (χ0v) is 18.6. The fraction of sp³-hybridized carbons (Fsp3) is 0.421. The second-order valence-electron chi connectivity index (χ2n) is 6.81. The molecule has 0 spiro atoms. The van der Waals surface area contributed by atoms with Gasteiger partial charge in [-0.05, 0) is 65.4 Å². The third-order valence-electron chi connectivity index (χ3n) is 4.83. The summed E-state index contributed by atoms with van der Waals surface area (Å²) >= 11 is 5.17. The van der Waals surface area contributed by atoms with E-state index in [2.05, 4.69) is 46.3 Å². The van der Waals surface area contributed by atoms with Crippen molar-refractivity contribution in [3.63, 3.8) is 0 Å². The van der Waals surface area contributed by atoms with Crippen LogP contribution in [-0.2, 0) is 21.1 Å². The van der Waals surface area contributed by atoms with E-state index in [0.717, 1.165) is 29.3 Å². The van der Waals surface area contributed by atoms with Crippen LogP contribution in [0.15, 0.2) is 40.2 Å². The Morgan fingerprint density at radius 3 is 2.33 bits per heavy atom. The van der Waals surface area contributed by atoms with Crippen molar-refractivity contribution >= 4 is 43.0 Å². The predicted molar refractivity (Wildman–Crippen MR) is 113 cm³/mol. The highest BCUT2D eigenvalue weighted by Crippen LogP contribution is 2.31. The fourth-order valence-electron chi connectivity index (χ4n) is 2.86. The molecule has 148 valence electrons. The number of sulfone groups is 1. The van der Waals surface area contributed by atoms with Crippen LogP contribution in [0.4, 0.5) is 0 Å². The van der Waals surface area contributed by atoms with Crippen LogP contribution >= 0.6 is 27.3 Å². The minimum Gasteiger partial charge on any atom is -0.289 e. The van der Waals surface area contributed by atoms with Crippen LogP contribution in [0.1, 0.15) is 38.2 Å². The lowest BCUT2D eigenvalue weighted by Crippen LogP contribution is -2.49. The maximum atomic E-state index is 11.9. The largest absolute Gasteiger partial charge is 0.289 e. The van der Waals surface area contributed by atoms with Gasteiger partial charge in [0.25, 0.3) is 5.91 Å². The van der Waals surface area contributed by atoms with Gasteiger partial charge in [-0.25, -0.2) is 13.9 Å². The molecule has 1 atom stereocenters. The molecule has 1 aromatic carbocycles. The van der Waals surface area contributed by atoms with E-state index in [0.29, 0.717) is 6.42 Å². The number of hydroxylamine groups is 1. The van der Waals surface area contributed by atoms with Crippen molar-refractivity contribution in [2.45, 2.75) is 43.8 Å². The number of unbranched alkanes of at least 4 members (excludes halogenated alkanes) is 2. The van der Waals surface area contributed by atoms with E-state index < -0.39 is 20.5 Å². The molecule has 2 aromatic rings. The third-order valence-corrected chi connectivity index (χ3v) is 8.53. The van der Waals surface area contributed by atoms with E-state index in [1.807, 2.05) is 6.07 Å². The number of thiophene rings is 1. The van der Waals surface area contributed by atoms with Crippen molar-refractivity contribution in [1.82, 2.24) is 5.48 Å². The summed E-state index contributed by atoms with van der Waals surface area (Å²) in [7, 11) is -3.62. The molecule has 1 heterocycles. The van der Waals surface area contributed by atoms with Gasteiger partial charge in [0, 0.05) is 11.1 Å². The van der Waals surface area contributed by atoms with Gasteiger partial charge in [-0.15, -0.1) is 11.3 Å². The molecule has 1 aromatic heterocycles. The summed E-state index contributed by atoms with van der Waals surface area (Å²) in [6, 6.07) is 12.6. The van der Waals surface area contributed by atoms with Gasteiger partial charge in [-0.2, -0.15) is 0 Å². The van der Waals surface area contributed by atoms with Gasteiger partial charge in [-0.3, -0.25) is 10.0 Å². The zero-order chi connectivity index (χ0) is 20.1. The van der Waals surface area contributed by atoms with Crippen molar-refractivity contribution in [2.24, 2.45) is 0 Å². The van der Waals surface area contributed by atoms with Gasteiger partial charge in [0.2, 0.25) is 0 Å². The second kappa shape index (κ2) is 9.32. The maximum Gasteiger partial charge on any atom is 0.264 e. The summed E-state index contributed by atoms with van der Waals surface area (Å²) in [6.07, 6.45) is 4.42. The van der Waals surface area contributed by atoms with E-state index in [1.165, 1.54) is 28.4 Å². The summed E-state index contributed by atoms with van der Waals surface area (Å²) in [6.45, 7) is 1.36. The Morgan fingerprint density at radius 1 is 1.15 bits per heavy atom. The number of nitrogens with one attached hydrogen (secondary N) is 1. The number of carbonyl (C=O) groups is 1. The van der Waals surface area contributed by atoms with Crippen molar-refractivity contribution < 1.29 is 18.4 Å². The van der Waals surface area contributed by atoms with Crippen LogP contribution in [0.5, 0.6) is 0 Å². The molecular formula is C19H24BrNO4S2. The Hall–Kier alpha value is -1.22. The summed E-state index contributed by atoms with van der Waals surface area (Å²) in [5.74, 6) is -0.874. The van der Waals surface area contributed by atoms with E-state index in [-0.39, 0.29) is 6.42 Å². The zero-order valence-electron chi connectivity index (χ0n) is 15.4. The Bertz CT molecular complexity index is 877. The first-order valence-electron chi connectivity index (χ1n) is 8.66. The average molecular weight is 474 g/mol. The molecule has 0 aliphatic carbocycles. The number of rotatable bonds is 9. The molecular weight excluding hydrogens is 450 g/mol. The Balaban J connectivity index is 1.83. The van der Waals surface area contributed by atoms with Crippen molar-refractivity contribution in [1.29, 1.82) is 0 Å². The van der Waals surface area contributed by atoms with E-state index in [4.69, 9.17) is 5.21 Å². The van der Waals surface area contributed by atoms with Crippen LogP contribution < -0.4 is 5.48 Å². The molecule has 0 saturated heterocycles. The lowest BCUT2D eigenvalue weighted by Gasteiger charge is -2.24. The SMILES string of the molecule is CC(CCCCCc1ccc(-c2ccc(Br)s2)cc1)(C(=O)NO)S(C)(=O)=O. The molecule has 0 bridgehead atoms. The summed E-state index contributed by atoms with van der Waals surface area (Å²) in [4.78, 5) is 13.0. The van der Waals surface area contributed by atoms with Gasteiger partial charge < -0.3 is 0 Å². The molecule has 1 amide bonds. The summed E-state index contributed by atoms with van der Waals surface area (Å²) < 4.78 is 23.3. The molecule has 5 nitrogen and oxygen atoms in total. The standard InChI is InChI=1S/C19H24BrNO4S2/c1-19(18(22)21-23,27(2,24)25)13-5-3-4-6-14-7-9-15(10-8-14)16-11-12-17(20)26-16/h7-12,23H,3-6,13H2,1-2H3,(H,21,22). The summed E-state index contributed by atoms with van der Waals surface area (Å²) in [5, 5.41) is 8.83. The quantitative estimate of drug-likeness (QED) is 0.316. The highest BCUT2D eigenvalue weighted by atomic mass is 79.9. The lowest BCUT2D eigenvalue weighted by atomic mass is 9.99. The molecule has 1 unspecified atom stereocenters. The first kappa shape index (κ1) is 22.1. The Labute approximate surface area is 172 Å². The normalized spacial score (nSPS) is 13.9. The third kappa shape index (κ3) is 5.63. The Morgan fingerprint density at radius 2 is 1.81 bits per heavy atom. The van der Waals surface area contributed by atoms with Crippen molar-refractivity contribution in [3.8, 4) is 10.4 Å². The molecule has 0 aliphatic heterocycles. The van der Waals surface area contributed by atoms with Gasteiger partial charge >= 0.3 is 0 Å². The van der Waals surface area contributed by atoms with E-state index >= 15 is 0 Å². The lowest BCUT2D eigenvalue weighted by molar-refractivity contribution is -0.131. The van der Waals surface area contributed by atoms with Crippen molar-refractivity contribution in [3.05, 3.63) is 45.7 Å². The van der Waals surface area contributed by atoms with Crippen LogP contribution in [-0.4, -0.2) is 30.5 Å². The molecule has 2 N–H and O–H groups in total. The number of aryl methyl sites for hydroxylation is 1. The molecule has 0 radical (unpaired) electrons. The fourth-order valence-corrected chi connectivity index (χ4v) is 5.15. The number of benzene rings is 1. The van der Waals surface area contributed by atoms with Gasteiger partial charge in [-0.1, -0.05) is 37.1 Å². The first-order chi connectivity index (χ1) is 12.7. The van der Waals surface area contributed by atoms with Gasteiger partial charge in [0.05, 0.1) is 3.79 Å². The second-order valence-corrected chi connectivity index (χ2v) is 11.7. The highest BCUT2D eigenvalue weighted by molar-refractivity contribution is 9.11. The van der Waals surface area contributed by atoms with E-state index in [1.54, 1.807) is 11.3 Å². The molecule has 8 heteroatoms. The van der Waals surface area contributed by atoms with Crippen molar-refractivity contribution in [2.75, 3.05) is 6.26 Å². The summed E-state index contributed by atoms with van der Waals surface area (Å²) in [5.41, 5.74) is 3.90. The smallest absolute Gasteiger partial charge is 0.264 e. The van der Waals surface area contributed by atoms with E-state index in [9.17, 15) is 13.2 Å². The van der Waals surface area contributed by atoms with Gasteiger partial charge in [0.15, 0.2) is 9.84 Å². The first-order valence-corrected chi connectivity index (χ1v) is 12.2. The maximum absolute atomic E-state index is 11.9. The van der Waals surface area contributed by atoms with Gasteiger partial charge in [0.1, 0.15) is 4.75 Å². The average Bonchev–Trinajstić information content (AvgIpc) is 3.06. The monoisotopic (exact) mass is 473 g/mol. The molecule has 0 fully saturated rings. The number of hydrogen-bond donors (Lipinski definition) is 2. The van der Waals surface area contributed by atoms with Crippen LogP contribution in [0, 0.1) is 0 Å². The molecule has 0 saturated carbocycles. The highest BCUT2D eigenvalue weighted by Gasteiger charge is 2.42. The minimum absolute atomic E-state index is 0.185. The molecule has 2 rings (SSSR count). The number of hydrogen-bond acceptors (Lipinski definition) is 5. The Kier molecular flexibility index (Phi) is 7.62. The van der Waals surface area contributed by atoms with Crippen LogP contribution in [0.3, 0.4) is 0 Å². The molecule has 27 heavy (non-hydrogen) atoms. The minimum atomic E-state index is -3.62. The number of halogens is 1. The number of amides is 1. The topological polar surface area (TPSA) is 83.5 Å². The molecule has 0 aliphatic rings. The van der Waals surface area contributed by atoms with Crippen LogP contribution in [0.25, 0.3) is 10.4 Å². The predicted octanol–water partition coefficient (Wildman–Crippen LogP) is 4.59. The van der Waals surface area contributed by atoms with Crippen LogP contribution in [0.2, 0.25) is 0 Å². The number of carbonyl (C=O) groups excluding carboxylic acids is 1.